The molecule has 0 unspecified atom stereocenters. The lowest BCUT2D eigenvalue weighted by Gasteiger charge is -2.11. The summed E-state index contributed by atoms with van der Waals surface area (Å²) in [6.07, 6.45) is 3.48. The lowest BCUT2D eigenvalue weighted by atomic mass is 10.3. The van der Waals surface area contributed by atoms with Crippen LogP contribution < -0.4 is 5.32 Å². The maximum Gasteiger partial charge on any atom is 0.233 e. The van der Waals surface area contributed by atoms with Crippen molar-refractivity contribution in [1.29, 1.82) is 0 Å². The predicted molar refractivity (Wildman–Crippen MR) is 77.8 cm³/mol. The van der Waals surface area contributed by atoms with E-state index in [9.17, 15) is 4.79 Å². The highest BCUT2D eigenvalue weighted by atomic mass is 32.2. The monoisotopic (exact) mass is 272 g/mol. The quantitative estimate of drug-likeness (QED) is 0.851. The number of amides is 1. The van der Waals surface area contributed by atoms with E-state index in [0.29, 0.717) is 6.54 Å². The van der Waals surface area contributed by atoms with Gasteiger partial charge in [-0.3, -0.25) is 9.78 Å². The topological polar surface area (TPSA) is 42.0 Å². The Kier molecular flexibility index (Phi) is 4.98. The van der Waals surface area contributed by atoms with Gasteiger partial charge >= 0.3 is 0 Å². The van der Waals surface area contributed by atoms with E-state index in [2.05, 4.69) is 10.3 Å². The molecule has 0 aliphatic rings. The van der Waals surface area contributed by atoms with Crippen molar-refractivity contribution in [2.24, 2.45) is 0 Å². The van der Waals surface area contributed by atoms with E-state index >= 15 is 0 Å². The Balaban J connectivity index is 1.83. The van der Waals surface area contributed by atoms with Crippen LogP contribution in [0.1, 0.15) is 12.5 Å². The van der Waals surface area contributed by atoms with Crippen molar-refractivity contribution >= 4 is 17.7 Å². The van der Waals surface area contributed by atoms with Gasteiger partial charge in [-0.05, 0) is 30.7 Å². The molecule has 19 heavy (non-hydrogen) atoms. The van der Waals surface area contributed by atoms with Gasteiger partial charge in [-0.2, -0.15) is 0 Å². The Bertz CT molecular complexity index is 516. The molecule has 3 nitrogen and oxygen atoms in total. The van der Waals surface area contributed by atoms with Gasteiger partial charge in [-0.15, -0.1) is 11.8 Å². The van der Waals surface area contributed by atoms with Crippen molar-refractivity contribution < 1.29 is 4.79 Å². The minimum atomic E-state index is -0.112. The summed E-state index contributed by atoms with van der Waals surface area (Å²) in [7, 11) is 0. The van der Waals surface area contributed by atoms with Crippen LogP contribution >= 0.6 is 11.8 Å². The Morgan fingerprint density at radius 1 is 1.26 bits per heavy atom. The molecule has 1 N–H and O–H groups in total. The Hall–Kier alpha value is -1.81. The van der Waals surface area contributed by atoms with Crippen molar-refractivity contribution in [2.45, 2.75) is 23.6 Å². The summed E-state index contributed by atoms with van der Waals surface area (Å²) in [5, 5.41) is 2.81. The molecule has 1 aromatic carbocycles. The van der Waals surface area contributed by atoms with E-state index in [-0.39, 0.29) is 11.2 Å². The molecule has 0 fully saturated rings. The molecule has 0 aliphatic heterocycles. The van der Waals surface area contributed by atoms with Crippen molar-refractivity contribution in [3.63, 3.8) is 0 Å². The number of carbonyl (C=O) groups is 1. The average molecular weight is 272 g/mol. The third kappa shape index (κ3) is 4.41. The highest BCUT2D eigenvalue weighted by Gasteiger charge is 2.13. The second-order valence-corrected chi connectivity index (χ2v) is 5.57. The van der Waals surface area contributed by atoms with Gasteiger partial charge in [0, 0.05) is 23.8 Å². The molecule has 0 bridgehead atoms. The van der Waals surface area contributed by atoms with Gasteiger partial charge in [-0.25, -0.2) is 0 Å². The van der Waals surface area contributed by atoms with E-state index in [0.717, 1.165) is 10.5 Å². The largest absolute Gasteiger partial charge is 0.351 e. The fourth-order valence-electron chi connectivity index (χ4n) is 1.59. The molecule has 1 amide bonds. The highest BCUT2D eigenvalue weighted by Crippen LogP contribution is 2.22. The fourth-order valence-corrected chi connectivity index (χ4v) is 2.51. The lowest BCUT2D eigenvalue weighted by molar-refractivity contribution is -0.120. The molecule has 1 atom stereocenters. The molecular formula is C15H16N2OS. The molecule has 1 aromatic heterocycles. The summed E-state index contributed by atoms with van der Waals surface area (Å²) in [6.45, 7) is 2.43. The van der Waals surface area contributed by atoms with E-state index < -0.39 is 0 Å². The van der Waals surface area contributed by atoms with Crippen LogP contribution in [-0.4, -0.2) is 16.1 Å². The first kappa shape index (κ1) is 13.6. The van der Waals surface area contributed by atoms with Crippen LogP contribution in [0.25, 0.3) is 0 Å². The van der Waals surface area contributed by atoms with Crippen LogP contribution in [0.15, 0.2) is 59.8 Å². The number of pyridine rings is 1. The molecule has 0 aliphatic carbocycles. The zero-order valence-corrected chi connectivity index (χ0v) is 11.6. The normalized spacial score (nSPS) is 11.8. The molecule has 0 saturated heterocycles. The first-order chi connectivity index (χ1) is 9.25. The van der Waals surface area contributed by atoms with Gasteiger partial charge in [0.2, 0.25) is 5.91 Å². The SMILES string of the molecule is C[C@@H](Sc1ccccc1)C(=O)NCc1cccnc1. The van der Waals surface area contributed by atoms with Gasteiger partial charge in [0.15, 0.2) is 0 Å². The maximum atomic E-state index is 12.0. The second kappa shape index (κ2) is 6.95. The number of rotatable bonds is 5. The summed E-state index contributed by atoms with van der Waals surface area (Å²) in [5.41, 5.74) is 1.01. The lowest BCUT2D eigenvalue weighted by Crippen LogP contribution is -2.30. The summed E-state index contributed by atoms with van der Waals surface area (Å²) in [5.74, 6) is 0.0395. The predicted octanol–water partition coefficient (Wildman–Crippen LogP) is 2.88. The van der Waals surface area contributed by atoms with Crippen LogP contribution in [0.2, 0.25) is 0 Å². The van der Waals surface area contributed by atoms with Gasteiger partial charge in [-0.1, -0.05) is 24.3 Å². The molecule has 2 aromatic rings. The van der Waals surface area contributed by atoms with E-state index in [1.807, 2.05) is 49.4 Å². The van der Waals surface area contributed by atoms with Crippen LogP contribution in [-0.2, 0) is 11.3 Å². The van der Waals surface area contributed by atoms with Crippen LogP contribution in [0.5, 0.6) is 0 Å². The fraction of sp³-hybridized carbons (Fsp3) is 0.200. The molecule has 0 spiro atoms. The Morgan fingerprint density at radius 2 is 2.05 bits per heavy atom. The summed E-state index contributed by atoms with van der Waals surface area (Å²) < 4.78 is 0. The number of thioether (sulfide) groups is 1. The molecular weight excluding hydrogens is 256 g/mol. The van der Waals surface area contributed by atoms with E-state index in [1.165, 1.54) is 0 Å². The zero-order valence-electron chi connectivity index (χ0n) is 10.7. The summed E-state index contributed by atoms with van der Waals surface area (Å²) >= 11 is 1.56. The van der Waals surface area contributed by atoms with Crippen LogP contribution in [0, 0.1) is 0 Å². The number of nitrogens with one attached hydrogen (secondary N) is 1. The first-order valence-electron chi connectivity index (χ1n) is 6.14. The van der Waals surface area contributed by atoms with Gasteiger partial charge < -0.3 is 5.32 Å². The van der Waals surface area contributed by atoms with Crippen molar-refractivity contribution in [3.8, 4) is 0 Å². The maximum absolute atomic E-state index is 12.0. The van der Waals surface area contributed by atoms with Gasteiger partial charge in [0.05, 0.1) is 5.25 Å². The number of nitrogens with zero attached hydrogens (tertiary/aromatic N) is 1. The molecule has 4 heteroatoms. The smallest absolute Gasteiger partial charge is 0.233 e. The number of hydrogen-bond donors (Lipinski definition) is 1. The average Bonchev–Trinajstić information content (AvgIpc) is 2.47. The van der Waals surface area contributed by atoms with Gasteiger partial charge in [0.1, 0.15) is 0 Å². The minimum Gasteiger partial charge on any atom is -0.351 e. The van der Waals surface area contributed by atoms with E-state index in [4.69, 9.17) is 0 Å². The number of carbonyl (C=O) groups excluding carboxylic acids is 1. The second-order valence-electron chi connectivity index (χ2n) is 4.15. The summed E-state index contributed by atoms with van der Waals surface area (Å²) in [4.78, 5) is 17.1. The molecule has 0 saturated carbocycles. The molecule has 2 rings (SSSR count). The third-order valence-electron chi connectivity index (χ3n) is 2.61. The highest BCUT2D eigenvalue weighted by molar-refractivity contribution is 8.00. The number of benzene rings is 1. The standard InChI is InChI=1S/C15H16N2OS/c1-12(19-14-7-3-2-4-8-14)15(18)17-11-13-6-5-9-16-10-13/h2-10,12H,11H2,1H3,(H,17,18)/t12-/m1/s1. The van der Waals surface area contributed by atoms with E-state index in [1.54, 1.807) is 24.2 Å². The van der Waals surface area contributed by atoms with Crippen LogP contribution in [0.3, 0.4) is 0 Å². The summed E-state index contributed by atoms with van der Waals surface area (Å²) in [6, 6.07) is 13.7. The number of hydrogen-bond acceptors (Lipinski definition) is 3. The number of aromatic nitrogens is 1. The third-order valence-corrected chi connectivity index (χ3v) is 3.73. The molecule has 98 valence electrons. The van der Waals surface area contributed by atoms with Crippen LogP contribution in [0.4, 0.5) is 0 Å². The molecule has 0 radical (unpaired) electrons. The Morgan fingerprint density at radius 3 is 2.74 bits per heavy atom. The Labute approximate surface area is 117 Å². The van der Waals surface area contributed by atoms with Gasteiger partial charge in [0.25, 0.3) is 0 Å². The van der Waals surface area contributed by atoms with Crippen molar-refractivity contribution in [3.05, 3.63) is 60.4 Å². The first-order valence-corrected chi connectivity index (χ1v) is 7.02. The van der Waals surface area contributed by atoms with Crippen molar-refractivity contribution in [2.75, 3.05) is 0 Å². The van der Waals surface area contributed by atoms with Crippen molar-refractivity contribution in [1.82, 2.24) is 10.3 Å². The molecule has 1 heterocycles. The zero-order chi connectivity index (χ0) is 13.5. The minimum absolute atomic E-state index is 0.0395.